The quantitative estimate of drug-likeness (QED) is 0.844. The van der Waals surface area contributed by atoms with Gasteiger partial charge < -0.3 is 10.4 Å². The molecular weight excluding hydrogens is 237 g/mol. The largest absolute Gasteiger partial charge is 0.480 e. The van der Waals surface area contributed by atoms with Crippen LogP contribution in [0.25, 0.3) is 0 Å². The van der Waals surface area contributed by atoms with Crippen LogP contribution >= 0.6 is 0 Å². The molecule has 0 aromatic heterocycles. The minimum absolute atomic E-state index is 0.115. The zero-order valence-corrected chi connectivity index (χ0v) is 10.3. The third-order valence-corrected chi connectivity index (χ3v) is 2.85. The predicted octanol–water partition coefficient (Wildman–Crippen LogP) is 2.05. The van der Waals surface area contributed by atoms with Crippen molar-refractivity contribution < 1.29 is 19.1 Å². The van der Waals surface area contributed by atoms with Gasteiger partial charge in [0.2, 0.25) is 0 Å². The van der Waals surface area contributed by atoms with E-state index in [2.05, 4.69) is 5.32 Å². The van der Waals surface area contributed by atoms with Crippen molar-refractivity contribution in [3.8, 4) is 0 Å². The minimum atomic E-state index is -1.09. The van der Waals surface area contributed by atoms with Crippen LogP contribution in [-0.4, -0.2) is 23.0 Å². The maximum atomic E-state index is 13.0. The van der Waals surface area contributed by atoms with Crippen molar-refractivity contribution in [2.75, 3.05) is 0 Å². The number of hydrogen-bond donors (Lipinski definition) is 2. The molecule has 98 valence electrons. The fourth-order valence-corrected chi connectivity index (χ4v) is 1.54. The van der Waals surface area contributed by atoms with E-state index in [9.17, 15) is 14.0 Å². The molecule has 0 aliphatic rings. The summed E-state index contributed by atoms with van der Waals surface area (Å²) in [6, 6.07) is 4.17. The lowest BCUT2D eigenvalue weighted by molar-refractivity contribution is -0.140. The number of carboxylic acid groups (broad SMARTS) is 1. The molecule has 2 atom stereocenters. The van der Waals surface area contributed by atoms with Gasteiger partial charge in [-0.1, -0.05) is 26.3 Å². The smallest absolute Gasteiger partial charge is 0.326 e. The second-order valence-electron chi connectivity index (χ2n) is 4.19. The zero-order chi connectivity index (χ0) is 13.7. The van der Waals surface area contributed by atoms with E-state index in [1.807, 2.05) is 6.92 Å². The van der Waals surface area contributed by atoms with Crippen LogP contribution < -0.4 is 5.32 Å². The lowest BCUT2D eigenvalue weighted by Gasteiger charge is -2.20. The Morgan fingerprint density at radius 1 is 1.44 bits per heavy atom. The number of nitrogens with one attached hydrogen (secondary N) is 1. The molecule has 0 saturated heterocycles. The standard InChI is InChI=1S/C13H16FNO3/c1-3-8(2)11(13(17)18)15-12(16)9-5-4-6-10(14)7-9/h4-8,11H,3H2,1-2H3,(H,15,16)(H,17,18)/t8-,11-/m0/s1. The number of carbonyl (C=O) groups excluding carboxylic acids is 1. The van der Waals surface area contributed by atoms with Crippen molar-refractivity contribution in [1.29, 1.82) is 0 Å². The van der Waals surface area contributed by atoms with Gasteiger partial charge in [-0.2, -0.15) is 0 Å². The van der Waals surface area contributed by atoms with E-state index in [1.165, 1.54) is 18.2 Å². The van der Waals surface area contributed by atoms with E-state index in [-0.39, 0.29) is 11.5 Å². The molecule has 0 aliphatic heterocycles. The molecule has 1 rings (SSSR count). The van der Waals surface area contributed by atoms with Gasteiger partial charge in [-0.05, 0) is 24.1 Å². The molecule has 1 aromatic carbocycles. The zero-order valence-electron chi connectivity index (χ0n) is 10.3. The van der Waals surface area contributed by atoms with Crippen molar-refractivity contribution in [1.82, 2.24) is 5.32 Å². The first-order valence-corrected chi connectivity index (χ1v) is 5.75. The molecule has 18 heavy (non-hydrogen) atoms. The number of rotatable bonds is 5. The summed E-state index contributed by atoms with van der Waals surface area (Å²) in [6.45, 7) is 3.58. The molecule has 0 saturated carbocycles. The Kier molecular flexibility index (Phi) is 4.83. The van der Waals surface area contributed by atoms with Gasteiger partial charge in [0.15, 0.2) is 0 Å². The first-order valence-electron chi connectivity index (χ1n) is 5.75. The van der Waals surface area contributed by atoms with Gasteiger partial charge in [0, 0.05) is 5.56 Å². The highest BCUT2D eigenvalue weighted by molar-refractivity contribution is 5.96. The van der Waals surface area contributed by atoms with Gasteiger partial charge in [-0.15, -0.1) is 0 Å². The van der Waals surface area contributed by atoms with E-state index in [1.54, 1.807) is 6.92 Å². The number of carbonyl (C=O) groups is 2. The van der Waals surface area contributed by atoms with Crippen LogP contribution in [0.3, 0.4) is 0 Å². The molecule has 0 aliphatic carbocycles. The molecule has 1 amide bonds. The van der Waals surface area contributed by atoms with E-state index in [0.717, 1.165) is 6.07 Å². The number of aliphatic carboxylic acids is 1. The number of hydrogen-bond acceptors (Lipinski definition) is 2. The fraction of sp³-hybridized carbons (Fsp3) is 0.385. The van der Waals surface area contributed by atoms with E-state index >= 15 is 0 Å². The van der Waals surface area contributed by atoms with Gasteiger partial charge in [-0.25, -0.2) is 9.18 Å². The Morgan fingerprint density at radius 2 is 2.11 bits per heavy atom. The molecular formula is C13H16FNO3. The van der Waals surface area contributed by atoms with Crippen molar-refractivity contribution in [3.63, 3.8) is 0 Å². The van der Waals surface area contributed by atoms with E-state index in [0.29, 0.717) is 6.42 Å². The monoisotopic (exact) mass is 253 g/mol. The average molecular weight is 253 g/mol. The summed E-state index contributed by atoms with van der Waals surface area (Å²) >= 11 is 0. The Labute approximate surface area is 105 Å². The van der Waals surface area contributed by atoms with Crippen molar-refractivity contribution >= 4 is 11.9 Å². The van der Waals surface area contributed by atoms with Gasteiger partial charge in [-0.3, -0.25) is 4.79 Å². The highest BCUT2D eigenvalue weighted by Gasteiger charge is 2.25. The summed E-state index contributed by atoms with van der Waals surface area (Å²) in [5.41, 5.74) is 0.115. The number of amides is 1. The van der Waals surface area contributed by atoms with Crippen LogP contribution in [-0.2, 0) is 4.79 Å². The molecule has 0 heterocycles. The summed E-state index contributed by atoms with van der Waals surface area (Å²) in [5, 5.41) is 11.4. The van der Waals surface area contributed by atoms with Crippen LogP contribution in [0.5, 0.6) is 0 Å². The first kappa shape index (κ1) is 14.2. The second-order valence-corrected chi connectivity index (χ2v) is 4.19. The molecule has 5 heteroatoms. The van der Waals surface area contributed by atoms with Crippen molar-refractivity contribution in [3.05, 3.63) is 35.6 Å². The Hall–Kier alpha value is -1.91. The topological polar surface area (TPSA) is 66.4 Å². The van der Waals surface area contributed by atoms with Crippen LogP contribution in [0.1, 0.15) is 30.6 Å². The second kappa shape index (κ2) is 6.14. The maximum Gasteiger partial charge on any atom is 0.326 e. The average Bonchev–Trinajstić information content (AvgIpc) is 2.34. The van der Waals surface area contributed by atoms with Crippen LogP contribution in [0.2, 0.25) is 0 Å². The summed E-state index contributed by atoms with van der Waals surface area (Å²) in [7, 11) is 0. The molecule has 0 radical (unpaired) electrons. The highest BCUT2D eigenvalue weighted by atomic mass is 19.1. The van der Waals surface area contributed by atoms with Crippen LogP contribution in [0.15, 0.2) is 24.3 Å². The van der Waals surface area contributed by atoms with Crippen LogP contribution in [0, 0.1) is 11.7 Å². The van der Waals surface area contributed by atoms with E-state index < -0.39 is 23.7 Å². The molecule has 1 aromatic rings. The number of halogens is 1. The third-order valence-electron chi connectivity index (χ3n) is 2.85. The lowest BCUT2D eigenvalue weighted by Crippen LogP contribution is -2.45. The molecule has 0 bridgehead atoms. The van der Waals surface area contributed by atoms with Gasteiger partial charge >= 0.3 is 5.97 Å². The van der Waals surface area contributed by atoms with Gasteiger partial charge in [0.05, 0.1) is 0 Å². The Morgan fingerprint density at radius 3 is 2.61 bits per heavy atom. The first-order chi connectivity index (χ1) is 8.45. The summed E-state index contributed by atoms with van der Waals surface area (Å²) < 4.78 is 13.0. The third kappa shape index (κ3) is 3.55. The molecule has 0 unspecified atom stereocenters. The summed E-state index contributed by atoms with van der Waals surface area (Å²) in [4.78, 5) is 22.8. The van der Waals surface area contributed by atoms with E-state index in [4.69, 9.17) is 5.11 Å². The Bertz CT molecular complexity index is 448. The fourth-order valence-electron chi connectivity index (χ4n) is 1.54. The molecule has 4 nitrogen and oxygen atoms in total. The van der Waals surface area contributed by atoms with Gasteiger partial charge in [0.1, 0.15) is 11.9 Å². The Balaban J connectivity index is 2.82. The van der Waals surface area contributed by atoms with Gasteiger partial charge in [0.25, 0.3) is 5.91 Å². The minimum Gasteiger partial charge on any atom is -0.480 e. The summed E-state index contributed by atoms with van der Waals surface area (Å²) in [5.74, 6) is -2.39. The highest BCUT2D eigenvalue weighted by Crippen LogP contribution is 2.10. The maximum absolute atomic E-state index is 13.0. The van der Waals surface area contributed by atoms with Crippen LogP contribution in [0.4, 0.5) is 4.39 Å². The predicted molar refractivity (Wildman–Crippen MR) is 64.7 cm³/mol. The molecule has 0 spiro atoms. The summed E-state index contributed by atoms with van der Waals surface area (Å²) in [6.07, 6.45) is 0.625. The lowest BCUT2D eigenvalue weighted by atomic mass is 9.99. The van der Waals surface area contributed by atoms with Crippen molar-refractivity contribution in [2.45, 2.75) is 26.3 Å². The SMILES string of the molecule is CC[C@H](C)[C@H](NC(=O)c1cccc(F)c1)C(=O)O. The normalized spacial score (nSPS) is 13.7. The number of carboxylic acids is 1. The molecule has 2 N–H and O–H groups in total. The molecule has 0 fully saturated rings. The van der Waals surface area contributed by atoms with Crippen molar-refractivity contribution in [2.24, 2.45) is 5.92 Å². The number of benzene rings is 1.